The number of azo groups is 1. The van der Waals surface area contributed by atoms with Gasteiger partial charge in [-0.3, -0.25) is 0 Å². The number of benzene rings is 1. The van der Waals surface area contributed by atoms with Gasteiger partial charge in [0.05, 0.1) is 5.69 Å². The van der Waals surface area contributed by atoms with Gasteiger partial charge in [0.15, 0.2) is 12.4 Å². The van der Waals surface area contributed by atoms with Gasteiger partial charge in [0.1, 0.15) is 5.69 Å². The molecule has 20 heavy (non-hydrogen) atoms. The molecule has 0 amide bonds. The predicted octanol–water partition coefficient (Wildman–Crippen LogP) is 3.42. The SMILES string of the molecule is Cc1cc(N(C)C)ccc1N=Nc1cc[n+]([O-])cc1C. The zero-order chi connectivity index (χ0) is 14.7. The highest BCUT2D eigenvalue weighted by Gasteiger charge is 2.03. The van der Waals surface area contributed by atoms with Crippen molar-refractivity contribution in [1.82, 2.24) is 0 Å². The van der Waals surface area contributed by atoms with Crippen LogP contribution in [0.4, 0.5) is 17.1 Å². The Bertz CT molecular complexity index is 650. The second-order valence-electron chi connectivity index (χ2n) is 4.94. The summed E-state index contributed by atoms with van der Waals surface area (Å²) in [7, 11) is 4.00. The van der Waals surface area contributed by atoms with E-state index >= 15 is 0 Å². The van der Waals surface area contributed by atoms with Gasteiger partial charge in [-0.1, -0.05) is 0 Å². The third kappa shape index (κ3) is 3.12. The van der Waals surface area contributed by atoms with E-state index in [0.29, 0.717) is 5.69 Å². The maximum atomic E-state index is 11.1. The molecule has 0 atom stereocenters. The highest BCUT2D eigenvalue weighted by molar-refractivity contribution is 5.57. The Kier molecular flexibility index (Phi) is 3.98. The summed E-state index contributed by atoms with van der Waals surface area (Å²) in [5.41, 5.74) is 4.52. The lowest BCUT2D eigenvalue weighted by Crippen LogP contribution is -2.24. The number of hydrogen-bond donors (Lipinski definition) is 0. The standard InChI is InChI=1S/C15H18N4O/c1-11-9-13(18(3)4)5-6-14(11)16-17-15-7-8-19(20)10-12(15)2/h5-10H,1-4H3. The van der Waals surface area contributed by atoms with Crippen molar-refractivity contribution in [2.75, 3.05) is 19.0 Å². The molecule has 104 valence electrons. The molecule has 0 N–H and O–H groups in total. The Morgan fingerprint density at radius 2 is 1.65 bits per heavy atom. The maximum Gasteiger partial charge on any atom is 0.185 e. The van der Waals surface area contributed by atoms with E-state index in [-0.39, 0.29) is 0 Å². The van der Waals surface area contributed by atoms with E-state index in [4.69, 9.17) is 0 Å². The first kappa shape index (κ1) is 14.0. The number of aromatic nitrogens is 1. The monoisotopic (exact) mass is 270 g/mol. The summed E-state index contributed by atoms with van der Waals surface area (Å²) in [6.45, 7) is 3.84. The molecule has 0 fully saturated rings. The van der Waals surface area contributed by atoms with Crippen molar-refractivity contribution in [1.29, 1.82) is 0 Å². The zero-order valence-electron chi connectivity index (χ0n) is 12.2. The molecule has 2 rings (SSSR count). The summed E-state index contributed by atoms with van der Waals surface area (Å²) in [5.74, 6) is 0. The van der Waals surface area contributed by atoms with Gasteiger partial charge in [-0.25, -0.2) is 0 Å². The summed E-state index contributed by atoms with van der Waals surface area (Å²) in [6, 6.07) is 7.68. The van der Waals surface area contributed by atoms with Gasteiger partial charge in [0.2, 0.25) is 0 Å². The molecule has 2 aromatic rings. The van der Waals surface area contributed by atoms with E-state index in [2.05, 4.69) is 16.3 Å². The smallest absolute Gasteiger partial charge is 0.185 e. The highest BCUT2D eigenvalue weighted by atomic mass is 16.5. The Balaban J connectivity index is 2.27. The van der Waals surface area contributed by atoms with Crippen molar-refractivity contribution in [3.63, 3.8) is 0 Å². The highest BCUT2D eigenvalue weighted by Crippen LogP contribution is 2.26. The van der Waals surface area contributed by atoms with Crippen LogP contribution in [-0.2, 0) is 0 Å². The first-order chi connectivity index (χ1) is 9.47. The average Bonchev–Trinajstić information content (AvgIpc) is 2.38. The maximum absolute atomic E-state index is 11.1. The first-order valence-electron chi connectivity index (χ1n) is 6.36. The predicted molar refractivity (Wildman–Crippen MR) is 79.8 cm³/mol. The average molecular weight is 270 g/mol. The summed E-state index contributed by atoms with van der Waals surface area (Å²) < 4.78 is 0.755. The van der Waals surface area contributed by atoms with Crippen molar-refractivity contribution in [3.05, 3.63) is 53.0 Å². The minimum Gasteiger partial charge on any atom is -0.619 e. The van der Waals surface area contributed by atoms with Crippen molar-refractivity contribution >= 4 is 17.1 Å². The normalized spacial score (nSPS) is 11.0. The Morgan fingerprint density at radius 1 is 1.00 bits per heavy atom. The van der Waals surface area contributed by atoms with Crippen molar-refractivity contribution in [3.8, 4) is 0 Å². The third-order valence-electron chi connectivity index (χ3n) is 3.07. The van der Waals surface area contributed by atoms with Crippen LogP contribution in [0.2, 0.25) is 0 Å². The molecule has 1 aromatic heterocycles. The number of rotatable bonds is 3. The van der Waals surface area contributed by atoms with E-state index in [1.165, 1.54) is 12.4 Å². The van der Waals surface area contributed by atoms with Crippen LogP contribution in [-0.4, -0.2) is 14.1 Å². The molecule has 0 saturated carbocycles. The van der Waals surface area contributed by atoms with Gasteiger partial charge in [0.25, 0.3) is 0 Å². The molecule has 1 aromatic carbocycles. The van der Waals surface area contributed by atoms with Crippen LogP contribution in [0.15, 0.2) is 46.9 Å². The fraction of sp³-hybridized carbons (Fsp3) is 0.267. The van der Waals surface area contributed by atoms with E-state index in [9.17, 15) is 5.21 Å². The number of anilines is 1. The van der Waals surface area contributed by atoms with Crippen molar-refractivity contribution in [2.45, 2.75) is 13.8 Å². The molecule has 1 heterocycles. The summed E-state index contributed by atoms with van der Waals surface area (Å²) in [6.07, 6.45) is 2.90. The van der Waals surface area contributed by atoms with E-state index in [1.807, 2.05) is 45.0 Å². The van der Waals surface area contributed by atoms with Crippen molar-refractivity contribution < 1.29 is 4.73 Å². The molecule has 0 unspecified atom stereocenters. The van der Waals surface area contributed by atoms with Crippen LogP contribution < -0.4 is 9.63 Å². The minimum atomic E-state index is 0.702. The molecule has 0 bridgehead atoms. The molecular formula is C15H18N4O. The second-order valence-corrected chi connectivity index (χ2v) is 4.94. The van der Waals surface area contributed by atoms with E-state index < -0.39 is 0 Å². The largest absolute Gasteiger partial charge is 0.619 e. The number of nitrogens with zero attached hydrogens (tertiary/aromatic N) is 4. The topological polar surface area (TPSA) is 54.9 Å². The Hall–Kier alpha value is -2.43. The fourth-order valence-corrected chi connectivity index (χ4v) is 1.83. The zero-order valence-corrected chi connectivity index (χ0v) is 12.2. The van der Waals surface area contributed by atoms with Gasteiger partial charge in [0, 0.05) is 31.4 Å². The van der Waals surface area contributed by atoms with Gasteiger partial charge in [-0.05, 0) is 37.6 Å². The third-order valence-corrected chi connectivity index (χ3v) is 3.07. The molecule has 5 nitrogen and oxygen atoms in total. The molecule has 0 saturated heterocycles. The van der Waals surface area contributed by atoms with Gasteiger partial charge < -0.3 is 10.1 Å². The molecule has 0 aliphatic carbocycles. The minimum absolute atomic E-state index is 0.702. The molecule has 0 radical (unpaired) electrons. The van der Waals surface area contributed by atoms with E-state index in [0.717, 1.165) is 27.2 Å². The summed E-state index contributed by atoms with van der Waals surface area (Å²) in [4.78, 5) is 2.04. The van der Waals surface area contributed by atoms with Crippen LogP contribution in [0.25, 0.3) is 0 Å². The van der Waals surface area contributed by atoms with Gasteiger partial charge >= 0.3 is 0 Å². The van der Waals surface area contributed by atoms with Crippen LogP contribution in [0.1, 0.15) is 11.1 Å². The quantitative estimate of drug-likeness (QED) is 0.487. The second kappa shape index (κ2) is 5.69. The Labute approximate surface area is 118 Å². The lowest BCUT2D eigenvalue weighted by Gasteiger charge is -2.13. The number of hydrogen-bond acceptors (Lipinski definition) is 4. The summed E-state index contributed by atoms with van der Waals surface area (Å²) in [5, 5.41) is 19.6. The molecule has 0 aliphatic rings. The summed E-state index contributed by atoms with van der Waals surface area (Å²) >= 11 is 0. The fourth-order valence-electron chi connectivity index (χ4n) is 1.83. The molecule has 5 heteroatoms. The van der Waals surface area contributed by atoms with Crippen LogP contribution in [0.3, 0.4) is 0 Å². The van der Waals surface area contributed by atoms with Gasteiger partial charge in [-0.15, -0.1) is 5.11 Å². The lowest BCUT2D eigenvalue weighted by molar-refractivity contribution is -0.605. The van der Waals surface area contributed by atoms with E-state index in [1.54, 1.807) is 6.07 Å². The lowest BCUT2D eigenvalue weighted by atomic mass is 10.2. The first-order valence-corrected chi connectivity index (χ1v) is 6.36. The van der Waals surface area contributed by atoms with Gasteiger partial charge in [-0.2, -0.15) is 9.84 Å². The van der Waals surface area contributed by atoms with Crippen LogP contribution >= 0.6 is 0 Å². The molecule has 0 aliphatic heterocycles. The van der Waals surface area contributed by atoms with Crippen molar-refractivity contribution in [2.24, 2.45) is 10.2 Å². The molecule has 0 spiro atoms. The van der Waals surface area contributed by atoms with Crippen LogP contribution in [0, 0.1) is 19.1 Å². The molecular weight excluding hydrogens is 252 g/mol. The number of pyridine rings is 1. The Morgan fingerprint density at radius 3 is 2.20 bits per heavy atom. The number of aryl methyl sites for hydroxylation is 2. The van der Waals surface area contributed by atoms with Crippen LogP contribution in [0.5, 0.6) is 0 Å².